The van der Waals surface area contributed by atoms with Crippen LogP contribution in [0.1, 0.15) is 211 Å². The zero-order valence-electron chi connectivity index (χ0n) is 55.7. The maximum absolute atomic E-state index is 14.5. The average Bonchev–Trinajstić information content (AvgIpc) is 1.17. The van der Waals surface area contributed by atoms with Gasteiger partial charge in [-0.05, 0) is 240 Å². The van der Waals surface area contributed by atoms with Gasteiger partial charge in [-0.1, -0.05) is 56.3 Å². The number of benzene rings is 3. The van der Waals surface area contributed by atoms with E-state index in [1.807, 2.05) is 77.9 Å². The lowest BCUT2D eigenvalue weighted by Crippen LogP contribution is -2.62. The van der Waals surface area contributed by atoms with Crippen molar-refractivity contribution in [2.24, 2.45) is 5.92 Å². The summed E-state index contributed by atoms with van der Waals surface area (Å²) in [5.74, 6) is 0.153. The number of allylic oxidation sites excluding steroid dienone is 1. The minimum atomic E-state index is -1.46. The number of hydrogen-bond donors (Lipinski definition) is 3. The Hall–Kier alpha value is -5.15. The Bertz CT molecular complexity index is 2690. The maximum atomic E-state index is 14.5. The zero-order valence-corrected chi connectivity index (χ0v) is 55.7. The highest BCUT2D eigenvalue weighted by atomic mass is 17.2. The third kappa shape index (κ3) is 17.5. The number of likely N-dealkylation sites (tertiary alicyclic amines) is 3. The molecule has 84 heavy (non-hydrogen) atoms. The van der Waals surface area contributed by atoms with E-state index in [1.165, 1.54) is 0 Å². The molecule has 6 rings (SSSR count). The van der Waals surface area contributed by atoms with Gasteiger partial charge in [0.1, 0.15) is 41.8 Å². The lowest BCUT2D eigenvalue weighted by Gasteiger charge is -2.54. The second-order valence-corrected chi connectivity index (χ2v) is 29.1. The van der Waals surface area contributed by atoms with Crippen LogP contribution in [-0.4, -0.2) is 126 Å². The quantitative estimate of drug-likeness (QED) is 0.0303. The number of hydrogen-bond acceptors (Lipinski definition) is 14. The molecule has 0 aromatic heterocycles. The minimum Gasteiger partial charge on any atom is -0.507 e. The van der Waals surface area contributed by atoms with E-state index in [9.17, 15) is 29.7 Å². The molecule has 0 spiro atoms. The summed E-state index contributed by atoms with van der Waals surface area (Å²) in [6.45, 7) is 44.5. The number of piperidine rings is 3. The van der Waals surface area contributed by atoms with E-state index in [-0.39, 0.29) is 75.5 Å². The molecule has 3 aliphatic heterocycles. The Morgan fingerprint density at radius 3 is 1.40 bits per heavy atom. The fraction of sp³-hybridized carbons (Fsp3) is 0.671. The molecule has 0 aliphatic carbocycles. The van der Waals surface area contributed by atoms with Gasteiger partial charge in [0.15, 0.2) is 0 Å². The van der Waals surface area contributed by atoms with Gasteiger partial charge < -0.3 is 34.4 Å². The molecule has 0 bridgehead atoms. The van der Waals surface area contributed by atoms with Crippen LogP contribution in [0.15, 0.2) is 48.7 Å². The number of nitrogens with zero attached hydrogens (tertiary/aromatic N) is 3. The number of phenols is 3. The van der Waals surface area contributed by atoms with Gasteiger partial charge in [-0.15, -0.1) is 0 Å². The number of unbranched alkanes of at least 4 members (excludes halogenated alkanes) is 1. The molecular weight excluding hydrogens is 1060 g/mol. The number of esters is 3. The number of carbonyl (C=O) groups excluding carboxylic acids is 3. The molecule has 0 saturated carbocycles. The van der Waals surface area contributed by atoms with Crippen LogP contribution in [0, 0.1) is 47.5 Å². The topological polar surface area (TPSA) is 168 Å². The van der Waals surface area contributed by atoms with E-state index >= 15 is 0 Å². The first-order chi connectivity index (χ1) is 38.7. The maximum Gasteiger partial charge on any atom is 0.351 e. The van der Waals surface area contributed by atoms with E-state index in [0.717, 1.165) is 75.8 Å². The molecule has 470 valence electrons. The Balaban J connectivity index is 0.000000308. The highest BCUT2D eigenvalue weighted by Gasteiger charge is 2.52. The van der Waals surface area contributed by atoms with E-state index in [0.29, 0.717) is 88.2 Å². The zero-order chi connectivity index (χ0) is 63.3. The number of aryl methyl sites for hydroxylation is 8. The van der Waals surface area contributed by atoms with Crippen LogP contribution in [0.4, 0.5) is 0 Å². The predicted molar refractivity (Wildman–Crippen MR) is 335 cm³/mol. The van der Waals surface area contributed by atoms with E-state index in [2.05, 4.69) is 125 Å². The van der Waals surface area contributed by atoms with Crippen molar-refractivity contribution in [1.29, 1.82) is 0 Å². The average molecular weight is 1170 g/mol. The number of rotatable bonds is 21. The van der Waals surface area contributed by atoms with Crippen molar-refractivity contribution in [3.05, 3.63) is 98.8 Å². The molecule has 3 aromatic carbocycles. The molecule has 3 aromatic rings. The van der Waals surface area contributed by atoms with Crippen LogP contribution in [0.5, 0.6) is 17.2 Å². The normalized spacial score (nSPS) is 20.4. The first-order valence-corrected chi connectivity index (χ1v) is 30.9. The van der Waals surface area contributed by atoms with Crippen LogP contribution in [-0.2, 0) is 57.6 Å². The Kier molecular flexibility index (Phi) is 22.6. The molecular formula is C70H109N3O11. The third-order valence-corrected chi connectivity index (χ3v) is 19.0. The third-order valence-electron chi connectivity index (χ3n) is 19.0. The lowest BCUT2D eigenvalue weighted by molar-refractivity contribution is -0.315. The molecule has 3 fully saturated rings. The summed E-state index contributed by atoms with van der Waals surface area (Å²) in [6.07, 6.45) is 8.29. The molecule has 14 nitrogen and oxygen atoms in total. The second kappa shape index (κ2) is 27.3. The summed E-state index contributed by atoms with van der Waals surface area (Å²) in [6, 6.07) is 11.6. The van der Waals surface area contributed by atoms with Gasteiger partial charge >= 0.3 is 17.9 Å². The highest BCUT2D eigenvalue weighted by Crippen LogP contribution is 2.44. The first kappa shape index (κ1) is 69.6. The molecule has 0 amide bonds. The van der Waals surface area contributed by atoms with E-state index in [4.69, 9.17) is 24.0 Å². The van der Waals surface area contributed by atoms with Crippen molar-refractivity contribution >= 4 is 17.9 Å². The van der Waals surface area contributed by atoms with E-state index in [1.54, 1.807) is 0 Å². The van der Waals surface area contributed by atoms with Crippen LogP contribution in [0.3, 0.4) is 0 Å². The first-order valence-electron chi connectivity index (χ1n) is 30.9. The molecule has 14 heteroatoms. The molecule has 1 unspecified atom stereocenters. The molecule has 3 aliphatic rings. The highest BCUT2D eigenvalue weighted by molar-refractivity contribution is 5.85. The summed E-state index contributed by atoms with van der Waals surface area (Å²) in [5.41, 5.74) is 5.28. The van der Waals surface area contributed by atoms with Gasteiger partial charge in [-0.25, -0.2) is 4.79 Å². The van der Waals surface area contributed by atoms with Crippen LogP contribution < -0.4 is 0 Å². The summed E-state index contributed by atoms with van der Waals surface area (Å²) < 4.78 is 18.6. The van der Waals surface area contributed by atoms with Crippen LogP contribution >= 0.6 is 0 Å². The fourth-order valence-electron chi connectivity index (χ4n) is 14.1. The Morgan fingerprint density at radius 1 is 0.583 bits per heavy atom. The second-order valence-electron chi connectivity index (χ2n) is 29.1. The summed E-state index contributed by atoms with van der Waals surface area (Å²) in [4.78, 5) is 59.8. The summed E-state index contributed by atoms with van der Waals surface area (Å²) in [7, 11) is 4.25. The SMILES string of the molecule is C=C(CCc1cc(C)c(O)c(C)c1)OOC1CC(C)(C)N(CCOC(=O)CCc2cc(C)c(O)c(C)c2)C(C)(C)C1.CCCCC(Cc1cc(C)c(O)c(C)c1)(OC(=O)C1CC(C)(C)N(C)C(C)(C)C1)C(=O)OC1CC(C)(C)N(C)C(C)(C)C1. The van der Waals surface area contributed by atoms with Crippen molar-refractivity contribution < 1.29 is 53.7 Å². The van der Waals surface area contributed by atoms with Crippen molar-refractivity contribution in [2.75, 3.05) is 27.2 Å². The van der Waals surface area contributed by atoms with Gasteiger partial charge in [0.25, 0.3) is 0 Å². The van der Waals surface area contributed by atoms with Crippen LogP contribution in [0.2, 0.25) is 0 Å². The summed E-state index contributed by atoms with van der Waals surface area (Å²) >= 11 is 0. The van der Waals surface area contributed by atoms with Gasteiger partial charge in [0.2, 0.25) is 5.60 Å². The van der Waals surface area contributed by atoms with Gasteiger partial charge in [0, 0.05) is 71.9 Å². The molecule has 1 atom stereocenters. The van der Waals surface area contributed by atoms with Crippen molar-refractivity contribution in [1.82, 2.24) is 14.7 Å². The largest absolute Gasteiger partial charge is 0.507 e. The Labute approximate surface area is 505 Å². The molecule has 0 radical (unpaired) electrons. The fourth-order valence-corrected chi connectivity index (χ4v) is 14.1. The smallest absolute Gasteiger partial charge is 0.351 e. The Morgan fingerprint density at radius 2 is 0.976 bits per heavy atom. The van der Waals surface area contributed by atoms with E-state index < -0.39 is 11.6 Å². The standard InChI is InChI=1S/C36H60N2O5.C34H49NO6/c1-14-15-16-36(19-26-17-24(2)29(39)25(3)18-26,31(41)42-28-22-34(8,9)38(13)35(10,11)23-28)43-30(40)27-20-32(4,5)37(12)33(6,7)21-27;1-22-16-27(17-23(2)31(22)37)11-10-26(5)40-41-29-20-33(6,7)35(34(8,9)21-29)14-15-39-30(36)13-12-28-18-24(3)32(38)25(4)19-28/h17-18,27-28,39H,14-16,19-23H2,1-13H3;16-19,29,37-38H,5,10-15,20-21H2,1-4,6-9H3. The van der Waals surface area contributed by atoms with Crippen LogP contribution in [0.25, 0.3) is 0 Å². The predicted octanol–water partition coefficient (Wildman–Crippen LogP) is 14.0. The van der Waals surface area contributed by atoms with Gasteiger partial charge in [-0.2, -0.15) is 4.89 Å². The number of carbonyl (C=O) groups is 3. The number of aromatic hydroxyl groups is 3. The van der Waals surface area contributed by atoms with Crippen molar-refractivity contribution in [3.63, 3.8) is 0 Å². The monoisotopic (exact) mass is 1170 g/mol. The minimum absolute atomic E-state index is 0.0917. The van der Waals surface area contributed by atoms with Crippen molar-refractivity contribution in [3.8, 4) is 17.2 Å². The number of ether oxygens (including phenoxy) is 3. The number of phenolic OH excluding ortho intramolecular Hbond substituents is 3. The van der Waals surface area contributed by atoms with Crippen molar-refractivity contribution in [2.45, 2.75) is 272 Å². The molecule has 3 heterocycles. The molecule has 3 saturated heterocycles. The summed E-state index contributed by atoms with van der Waals surface area (Å²) in [5, 5.41) is 30.4. The lowest BCUT2D eigenvalue weighted by atomic mass is 9.74. The van der Waals surface area contributed by atoms with Gasteiger partial charge in [0.05, 0.1) is 5.92 Å². The van der Waals surface area contributed by atoms with Gasteiger partial charge in [-0.3, -0.25) is 24.3 Å². The molecule has 3 N–H and O–H groups in total.